The molecule has 0 aromatic heterocycles. The first-order valence-corrected chi connectivity index (χ1v) is 8.21. The zero-order valence-corrected chi connectivity index (χ0v) is 14.3. The van der Waals surface area contributed by atoms with Crippen LogP contribution < -0.4 is 10.6 Å². The number of carbonyl (C=O) groups is 3. The van der Waals surface area contributed by atoms with Crippen molar-refractivity contribution in [3.63, 3.8) is 0 Å². The minimum absolute atomic E-state index is 0.0746. The van der Waals surface area contributed by atoms with Crippen molar-refractivity contribution in [2.75, 3.05) is 10.6 Å². The van der Waals surface area contributed by atoms with Gasteiger partial charge in [-0.3, -0.25) is 14.4 Å². The summed E-state index contributed by atoms with van der Waals surface area (Å²) in [5, 5.41) is 5.59. The molecule has 128 valence electrons. The molecule has 0 unspecified atom stereocenters. The summed E-state index contributed by atoms with van der Waals surface area (Å²) in [7, 11) is 0. The summed E-state index contributed by atoms with van der Waals surface area (Å²) in [6.45, 7) is 3.41. The number of rotatable bonds is 5. The molecular weight excluding hydrogens is 316 g/mol. The number of hydrogen-bond acceptors (Lipinski definition) is 3. The number of amides is 2. The first-order valence-electron chi connectivity index (χ1n) is 8.21. The normalized spacial score (nSPS) is 14.5. The van der Waals surface area contributed by atoms with E-state index in [1.54, 1.807) is 30.3 Å². The van der Waals surface area contributed by atoms with Crippen LogP contribution in [0.25, 0.3) is 0 Å². The Morgan fingerprint density at radius 1 is 0.880 bits per heavy atom. The highest BCUT2D eigenvalue weighted by molar-refractivity contribution is 6.17. The summed E-state index contributed by atoms with van der Waals surface area (Å²) in [6.07, 6.45) is 1.03. The molecule has 0 bridgehead atoms. The second kappa shape index (κ2) is 6.51. The Morgan fingerprint density at radius 3 is 1.96 bits per heavy atom. The lowest BCUT2D eigenvalue weighted by atomic mass is 10.0. The SMILES string of the molecule is CC(=O)c1cccc(NC(=O)C2(C(=O)Nc3cccc(C)c3)CC2)c1. The molecule has 25 heavy (non-hydrogen) atoms. The van der Waals surface area contributed by atoms with Crippen LogP contribution >= 0.6 is 0 Å². The lowest BCUT2D eigenvalue weighted by Gasteiger charge is -2.16. The number of carbonyl (C=O) groups excluding carboxylic acids is 3. The fourth-order valence-electron chi connectivity index (χ4n) is 2.72. The van der Waals surface area contributed by atoms with Gasteiger partial charge in [-0.05, 0) is 56.5 Å². The highest BCUT2D eigenvalue weighted by atomic mass is 16.2. The third-order valence-corrected chi connectivity index (χ3v) is 4.42. The third kappa shape index (κ3) is 3.60. The Bertz CT molecular complexity index is 854. The molecule has 0 saturated heterocycles. The Labute approximate surface area is 146 Å². The highest BCUT2D eigenvalue weighted by Crippen LogP contribution is 2.47. The quantitative estimate of drug-likeness (QED) is 0.647. The summed E-state index contributed by atoms with van der Waals surface area (Å²) < 4.78 is 0. The zero-order chi connectivity index (χ0) is 18.0. The molecule has 0 atom stereocenters. The van der Waals surface area contributed by atoms with Gasteiger partial charge < -0.3 is 10.6 Å². The van der Waals surface area contributed by atoms with E-state index in [4.69, 9.17) is 0 Å². The summed E-state index contributed by atoms with van der Waals surface area (Å²) in [4.78, 5) is 36.7. The number of aryl methyl sites for hydroxylation is 1. The van der Waals surface area contributed by atoms with E-state index >= 15 is 0 Å². The summed E-state index contributed by atoms with van der Waals surface area (Å²) in [5.41, 5.74) is 1.73. The summed E-state index contributed by atoms with van der Waals surface area (Å²) in [5.74, 6) is -0.703. The van der Waals surface area contributed by atoms with E-state index in [1.165, 1.54) is 6.92 Å². The molecular formula is C20H20N2O3. The molecule has 1 aliphatic carbocycles. The van der Waals surface area contributed by atoms with Gasteiger partial charge in [0, 0.05) is 16.9 Å². The van der Waals surface area contributed by atoms with Crippen LogP contribution in [0.5, 0.6) is 0 Å². The Hall–Kier alpha value is -2.95. The maximum Gasteiger partial charge on any atom is 0.240 e. The number of Topliss-reactive ketones (excluding diaryl/α,β-unsaturated/α-hetero) is 1. The van der Waals surface area contributed by atoms with E-state index in [2.05, 4.69) is 10.6 Å². The molecule has 2 aromatic rings. The van der Waals surface area contributed by atoms with Gasteiger partial charge in [0.2, 0.25) is 11.8 Å². The smallest absolute Gasteiger partial charge is 0.240 e. The van der Waals surface area contributed by atoms with Gasteiger partial charge in [0.05, 0.1) is 0 Å². The van der Waals surface area contributed by atoms with E-state index in [0.717, 1.165) is 5.56 Å². The van der Waals surface area contributed by atoms with Crippen LogP contribution in [0.4, 0.5) is 11.4 Å². The van der Waals surface area contributed by atoms with Crippen LogP contribution in [0.15, 0.2) is 48.5 Å². The molecule has 1 saturated carbocycles. The predicted octanol–water partition coefficient (Wildman–Crippen LogP) is 3.56. The zero-order valence-electron chi connectivity index (χ0n) is 14.3. The molecule has 0 spiro atoms. The molecule has 2 aromatic carbocycles. The van der Waals surface area contributed by atoms with Gasteiger partial charge in [0.1, 0.15) is 5.41 Å². The minimum Gasteiger partial charge on any atom is -0.325 e. The Balaban J connectivity index is 1.72. The number of benzene rings is 2. The lowest BCUT2D eigenvalue weighted by Crippen LogP contribution is -2.35. The van der Waals surface area contributed by atoms with Crippen LogP contribution in [0, 0.1) is 12.3 Å². The number of ketones is 1. The molecule has 1 fully saturated rings. The third-order valence-electron chi connectivity index (χ3n) is 4.42. The average Bonchev–Trinajstić information content (AvgIpc) is 3.37. The second-order valence-electron chi connectivity index (χ2n) is 6.50. The largest absolute Gasteiger partial charge is 0.325 e. The van der Waals surface area contributed by atoms with E-state index in [9.17, 15) is 14.4 Å². The first kappa shape index (κ1) is 16.9. The molecule has 5 nitrogen and oxygen atoms in total. The van der Waals surface area contributed by atoms with Crippen LogP contribution in [0.2, 0.25) is 0 Å². The maximum absolute atomic E-state index is 12.6. The predicted molar refractivity (Wildman–Crippen MR) is 96.6 cm³/mol. The standard InChI is InChI=1S/C20H20N2O3/c1-13-5-3-7-16(11-13)21-18(24)20(9-10-20)19(25)22-17-8-4-6-15(12-17)14(2)23/h3-8,11-12H,9-10H2,1-2H3,(H,21,24)(H,22,25). The fraction of sp³-hybridized carbons (Fsp3) is 0.250. The van der Waals surface area contributed by atoms with Crippen LogP contribution in [-0.2, 0) is 9.59 Å². The van der Waals surface area contributed by atoms with Gasteiger partial charge >= 0.3 is 0 Å². The molecule has 2 amide bonds. The van der Waals surface area contributed by atoms with Crippen LogP contribution in [0.3, 0.4) is 0 Å². The van der Waals surface area contributed by atoms with Crippen molar-refractivity contribution in [3.8, 4) is 0 Å². The van der Waals surface area contributed by atoms with Gasteiger partial charge in [0.25, 0.3) is 0 Å². The van der Waals surface area contributed by atoms with Crippen molar-refractivity contribution in [2.45, 2.75) is 26.7 Å². The maximum atomic E-state index is 12.6. The molecule has 0 aliphatic heterocycles. The molecule has 5 heteroatoms. The average molecular weight is 336 g/mol. The van der Waals surface area contributed by atoms with Gasteiger partial charge in [0.15, 0.2) is 5.78 Å². The summed E-state index contributed by atoms with van der Waals surface area (Å²) >= 11 is 0. The van der Waals surface area contributed by atoms with Crippen LogP contribution in [0.1, 0.15) is 35.7 Å². The molecule has 0 radical (unpaired) electrons. The van der Waals surface area contributed by atoms with Crippen molar-refractivity contribution in [1.82, 2.24) is 0 Å². The van der Waals surface area contributed by atoms with Gasteiger partial charge in [-0.15, -0.1) is 0 Å². The number of anilines is 2. The molecule has 3 rings (SSSR count). The van der Waals surface area contributed by atoms with Gasteiger partial charge in [-0.2, -0.15) is 0 Å². The number of hydrogen-bond donors (Lipinski definition) is 2. The van der Waals surface area contributed by atoms with Crippen LogP contribution in [-0.4, -0.2) is 17.6 Å². The lowest BCUT2D eigenvalue weighted by molar-refractivity contribution is -0.131. The van der Waals surface area contributed by atoms with Crippen molar-refractivity contribution < 1.29 is 14.4 Å². The van der Waals surface area contributed by atoms with Crippen molar-refractivity contribution in [2.24, 2.45) is 5.41 Å². The van der Waals surface area contributed by atoms with Gasteiger partial charge in [-0.1, -0.05) is 24.3 Å². The highest BCUT2D eigenvalue weighted by Gasteiger charge is 2.56. The molecule has 2 N–H and O–H groups in total. The molecule has 1 aliphatic rings. The van der Waals surface area contributed by atoms with Gasteiger partial charge in [-0.25, -0.2) is 0 Å². The van der Waals surface area contributed by atoms with Crippen molar-refractivity contribution in [1.29, 1.82) is 0 Å². The van der Waals surface area contributed by atoms with Crippen molar-refractivity contribution in [3.05, 3.63) is 59.7 Å². The van der Waals surface area contributed by atoms with E-state index in [1.807, 2.05) is 25.1 Å². The fourth-order valence-corrected chi connectivity index (χ4v) is 2.72. The van der Waals surface area contributed by atoms with Crippen molar-refractivity contribution >= 4 is 29.0 Å². The second-order valence-corrected chi connectivity index (χ2v) is 6.50. The monoisotopic (exact) mass is 336 g/mol. The topological polar surface area (TPSA) is 75.3 Å². The summed E-state index contributed by atoms with van der Waals surface area (Å²) in [6, 6.07) is 14.2. The minimum atomic E-state index is -1.03. The Morgan fingerprint density at radius 2 is 1.44 bits per heavy atom. The molecule has 0 heterocycles. The first-order chi connectivity index (χ1) is 11.9. The number of nitrogens with one attached hydrogen (secondary N) is 2. The Kier molecular flexibility index (Phi) is 4.40. The van der Waals surface area contributed by atoms with E-state index in [0.29, 0.717) is 29.8 Å². The van der Waals surface area contributed by atoms with E-state index in [-0.39, 0.29) is 17.6 Å². The van der Waals surface area contributed by atoms with E-state index < -0.39 is 5.41 Å².